The van der Waals surface area contributed by atoms with Crippen LogP contribution in [-0.2, 0) is 4.79 Å². The number of hydrogen-bond acceptors (Lipinski definition) is 2. The van der Waals surface area contributed by atoms with Crippen molar-refractivity contribution < 1.29 is 13.9 Å². The van der Waals surface area contributed by atoms with Gasteiger partial charge in [0.15, 0.2) is 0 Å². The average Bonchev–Trinajstić information content (AvgIpc) is 2.37. The molecule has 0 saturated carbocycles. The molecule has 0 aliphatic rings. The largest absolute Gasteiger partial charge is 0.493 e. The number of carbonyl (C=O) groups is 1. The summed E-state index contributed by atoms with van der Waals surface area (Å²) in [7, 11) is 0. The van der Waals surface area contributed by atoms with Crippen LogP contribution < -0.4 is 10.1 Å². The third-order valence-electron chi connectivity index (χ3n) is 2.28. The number of carbonyl (C=O) groups excluding carboxylic acids is 1. The standard InChI is InChI=1S/C14H18FNO2/c1-2-3-4-10-16-14(17)9-11-18-13-7-5-12(15)6-8-13/h2-3,5-8H,4,9-11H2,1H3,(H,16,17)/b3-2+. The van der Waals surface area contributed by atoms with E-state index in [0.717, 1.165) is 6.42 Å². The molecule has 0 aliphatic carbocycles. The fourth-order valence-electron chi connectivity index (χ4n) is 1.34. The lowest BCUT2D eigenvalue weighted by molar-refractivity contribution is -0.121. The quantitative estimate of drug-likeness (QED) is 0.597. The van der Waals surface area contributed by atoms with Gasteiger partial charge >= 0.3 is 0 Å². The van der Waals surface area contributed by atoms with Crippen LogP contribution in [0.15, 0.2) is 36.4 Å². The lowest BCUT2D eigenvalue weighted by atomic mass is 10.3. The van der Waals surface area contributed by atoms with E-state index in [-0.39, 0.29) is 11.7 Å². The fourth-order valence-corrected chi connectivity index (χ4v) is 1.34. The molecule has 0 saturated heterocycles. The summed E-state index contributed by atoms with van der Waals surface area (Å²) in [5, 5.41) is 2.78. The Morgan fingerprint density at radius 3 is 2.78 bits per heavy atom. The third kappa shape index (κ3) is 6.03. The van der Waals surface area contributed by atoms with Crippen LogP contribution in [-0.4, -0.2) is 19.1 Å². The predicted molar refractivity (Wildman–Crippen MR) is 69.0 cm³/mol. The molecule has 0 spiro atoms. The summed E-state index contributed by atoms with van der Waals surface area (Å²) < 4.78 is 17.9. The van der Waals surface area contributed by atoms with Gasteiger partial charge in [0.1, 0.15) is 11.6 Å². The second-order valence-electron chi connectivity index (χ2n) is 3.76. The van der Waals surface area contributed by atoms with Gasteiger partial charge in [-0.2, -0.15) is 0 Å². The lowest BCUT2D eigenvalue weighted by Crippen LogP contribution is -2.25. The van der Waals surface area contributed by atoms with Gasteiger partial charge in [-0.3, -0.25) is 4.79 Å². The van der Waals surface area contributed by atoms with Gasteiger partial charge in [-0.15, -0.1) is 0 Å². The van der Waals surface area contributed by atoms with E-state index in [1.54, 1.807) is 12.1 Å². The molecule has 98 valence electrons. The van der Waals surface area contributed by atoms with Crippen LogP contribution in [0.2, 0.25) is 0 Å². The molecule has 1 rings (SSSR count). The smallest absolute Gasteiger partial charge is 0.223 e. The number of nitrogens with one attached hydrogen (secondary N) is 1. The van der Waals surface area contributed by atoms with E-state index in [2.05, 4.69) is 5.32 Å². The summed E-state index contributed by atoms with van der Waals surface area (Å²) in [5.74, 6) is 0.226. The first-order valence-electron chi connectivity index (χ1n) is 5.98. The van der Waals surface area contributed by atoms with Crippen LogP contribution in [0, 0.1) is 5.82 Å². The van der Waals surface area contributed by atoms with Crippen molar-refractivity contribution >= 4 is 5.91 Å². The van der Waals surface area contributed by atoms with Crippen molar-refractivity contribution in [3.63, 3.8) is 0 Å². The minimum atomic E-state index is -0.302. The Balaban J connectivity index is 2.13. The number of rotatable bonds is 7. The molecule has 3 nitrogen and oxygen atoms in total. The number of hydrogen-bond donors (Lipinski definition) is 1. The molecular formula is C14H18FNO2. The van der Waals surface area contributed by atoms with Crippen LogP contribution >= 0.6 is 0 Å². The topological polar surface area (TPSA) is 38.3 Å². The maximum atomic E-state index is 12.6. The van der Waals surface area contributed by atoms with Crippen LogP contribution in [0.5, 0.6) is 5.75 Å². The molecule has 0 heterocycles. The Morgan fingerprint density at radius 2 is 2.11 bits per heavy atom. The fraction of sp³-hybridized carbons (Fsp3) is 0.357. The van der Waals surface area contributed by atoms with Crippen molar-refractivity contribution in [3.05, 3.63) is 42.2 Å². The number of benzene rings is 1. The zero-order valence-electron chi connectivity index (χ0n) is 10.5. The number of ether oxygens (including phenoxy) is 1. The summed E-state index contributed by atoms with van der Waals surface area (Å²) in [4.78, 5) is 11.4. The highest BCUT2D eigenvalue weighted by Crippen LogP contribution is 2.10. The Kier molecular flexibility index (Phi) is 6.54. The zero-order chi connectivity index (χ0) is 13.2. The van der Waals surface area contributed by atoms with Crippen molar-refractivity contribution in [3.8, 4) is 5.75 Å². The first kappa shape index (κ1) is 14.2. The predicted octanol–water partition coefficient (Wildman–Crippen LogP) is 2.68. The third-order valence-corrected chi connectivity index (χ3v) is 2.28. The van der Waals surface area contributed by atoms with Crippen LogP contribution in [0.1, 0.15) is 19.8 Å². The summed E-state index contributed by atoms with van der Waals surface area (Å²) in [5.41, 5.74) is 0. The first-order chi connectivity index (χ1) is 8.72. The van der Waals surface area contributed by atoms with Crippen molar-refractivity contribution in [1.82, 2.24) is 5.32 Å². The van der Waals surface area contributed by atoms with Gasteiger partial charge in [-0.05, 0) is 37.6 Å². The van der Waals surface area contributed by atoms with Gasteiger partial charge < -0.3 is 10.1 Å². The van der Waals surface area contributed by atoms with Crippen LogP contribution in [0.3, 0.4) is 0 Å². The van der Waals surface area contributed by atoms with Crippen LogP contribution in [0.25, 0.3) is 0 Å². The zero-order valence-corrected chi connectivity index (χ0v) is 10.5. The van der Waals surface area contributed by atoms with Gasteiger partial charge in [0, 0.05) is 6.54 Å². The minimum Gasteiger partial charge on any atom is -0.493 e. The second-order valence-corrected chi connectivity index (χ2v) is 3.76. The summed E-state index contributed by atoms with van der Waals surface area (Å²) >= 11 is 0. The van der Waals surface area contributed by atoms with Gasteiger partial charge in [-0.25, -0.2) is 4.39 Å². The second kappa shape index (κ2) is 8.28. The first-order valence-corrected chi connectivity index (χ1v) is 5.98. The monoisotopic (exact) mass is 251 g/mol. The summed E-state index contributed by atoms with van der Waals surface area (Å²) in [6, 6.07) is 5.73. The maximum Gasteiger partial charge on any atom is 0.223 e. The van der Waals surface area contributed by atoms with Crippen molar-refractivity contribution in [2.75, 3.05) is 13.2 Å². The Morgan fingerprint density at radius 1 is 1.39 bits per heavy atom. The molecule has 1 aromatic rings. The van der Waals surface area contributed by atoms with E-state index in [1.165, 1.54) is 12.1 Å². The molecule has 0 bridgehead atoms. The van der Waals surface area contributed by atoms with Gasteiger partial charge in [0.2, 0.25) is 5.91 Å². The molecule has 4 heteroatoms. The van der Waals surface area contributed by atoms with E-state index in [9.17, 15) is 9.18 Å². The molecule has 1 N–H and O–H groups in total. The number of amides is 1. The van der Waals surface area contributed by atoms with E-state index in [1.807, 2.05) is 19.1 Å². The SMILES string of the molecule is C/C=C/CCNC(=O)CCOc1ccc(F)cc1. The highest BCUT2D eigenvalue weighted by Gasteiger charge is 2.01. The van der Waals surface area contributed by atoms with Crippen molar-refractivity contribution in [2.45, 2.75) is 19.8 Å². The van der Waals surface area contributed by atoms with Crippen LogP contribution in [0.4, 0.5) is 4.39 Å². The van der Waals surface area contributed by atoms with Crippen molar-refractivity contribution in [2.24, 2.45) is 0 Å². The molecule has 0 aromatic heterocycles. The Hall–Kier alpha value is -1.84. The van der Waals surface area contributed by atoms with E-state index in [0.29, 0.717) is 25.3 Å². The highest BCUT2D eigenvalue weighted by atomic mass is 19.1. The maximum absolute atomic E-state index is 12.6. The van der Waals surface area contributed by atoms with Gasteiger partial charge in [-0.1, -0.05) is 12.2 Å². The average molecular weight is 251 g/mol. The molecule has 0 radical (unpaired) electrons. The molecule has 1 amide bonds. The Bertz CT molecular complexity index is 387. The molecule has 0 unspecified atom stereocenters. The minimum absolute atomic E-state index is 0.0402. The van der Waals surface area contributed by atoms with E-state index >= 15 is 0 Å². The molecule has 0 fully saturated rings. The Labute approximate surface area is 107 Å². The van der Waals surface area contributed by atoms with E-state index < -0.39 is 0 Å². The highest BCUT2D eigenvalue weighted by molar-refractivity contribution is 5.75. The van der Waals surface area contributed by atoms with Gasteiger partial charge in [0.05, 0.1) is 13.0 Å². The number of allylic oxidation sites excluding steroid dienone is 1. The van der Waals surface area contributed by atoms with Crippen molar-refractivity contribution in [1.29, 1.82) is 0 Å². The normalized spacial score (nSPS) is 10.6. The number of halogens is 1. The van der Waals surface area contributed by atoms with E-state index in [4.69, 9.17) is 4.74 Å². The summed E-state index contributed by atoms with van der Waals surface area (Å²) in [6.45, 7) is 2.87. The molecule has 0 atom stereocenters. The molecule has 1 aromatic carbocycles. The molecular weight excluding hydrogens is 233 g/mol. The lowest BCUT2D eigenvalue weighted by Gasteiger charge is -2.06. The van der Waals surface area contributed by atoms with Gasteiger partial charge in [0.25, 0.3) is 0 Å². The summed E-state index contributed by atoms with van der Waals surface area (Å²) in [6.07, 6.45) is 5.08. The molecule has 0 aliphatic heterocycles. The molecule has 18 heavy (non-hydrogen) atoms.